The number of carbonyl (C=O) groups is 2. The lowest BCUT2D eigenvalue weighted by Crippen LogP contribution is -2.50. The molecule has 0 radical (unpaired) electrons. The highest BCUT2D eigenvalue weighted by molar-refractivity contribution is 5.80. The van der Waals surface area contributed by atoms with E-state index in [0.717, 1.165) is 16.9 Å². The molecule has 1 aliphatic rings. The quantitative estimate of drug-likeness (QED) is 0.849. The van der Waals surface area contributed by atoms with Gasteiger partial charge in [0.25, 0.3) is 0 Å². The van der Waals surface area contributed by atoms with E-state index in [9.17, 15) is 9.59 Å². The zero-order valence-corrected chi connectivity index (χ0v) is 13.6. The maximum Gasteiger partial charge on any atom is 0.227 e. The van der Waals surface area contributed by atoms with Gasteiger partial charge in [0, 0.05) is 32.6 Å². The number of benzene rings is 1. The van der Waals surface area contributed by atoms with Crippen molar-refractivity contribution in [3.05, 3.63) is 29.3 Å². The normalized spacial score (nSPS) is 14.9. The lowest BCUT2D eigenvalue weighted by Gasteiger charge is -2.34. The minimum absolute atomic E-state index is 0.119. The molecular formula is C17H24N2O3. The van der Waals surface area contributed by atoms with E-state index in [1.165, 1.54) is 0 Å². The number of piperazine rings is 1. The minimum atomic E-state index is 0.119. The molecule has 0 aromatic heterocycles. The molecule has 1 fully saturated rings. The van der Waals surface area contributed by atoms with Gasteiger partial charge in [0.15, 0.2) is 0 Å². The molecule has 5 heteroatoms. The average Bonchev–Trinajstić information content (AvgIpc) is 2.54. The largest absolute Gasteiger partial charge is 0.496 e. The van der Waals surface area contributed by atoms with Crippen molar-refractivity contribution in [1.29, 1.82) is 0 Å². The van der Waals surface area contributed by atoms with E-state index in [-0.39, 0.29) is 11.8 Å². The molecule has 0 bridgehead atoms. The summed E-state index contributed by atoms with van der Waals surface area (Å²) in [4.78, 5) is 27.7. The Morgan fingerprint density at radius 2 is 1.68 bits per heavy atom. The zero-order valence-electron chi connectivity index (χ0n) is 13.6. The predicted molar refractivity (Wildman–Crippen MR) is 84.9 cm³/mol. The number of carbonyl (C=O) groups excluding carboxylic acids is 2. The SMILES string of the molecule is CCC(=O)N1CCN(C(=O)Cc2ccc(OC)c(C)c2)CC1. The molecule has 22 heavy (non-hydrogen) atoms. The van der Waals surface area contributed by atoms with Crippen molar-refractivity contribution in [2.45, 2.75) is 26.7 Å². The van der Waals surface area contributed by atoms with Gasteiger partial charge in [0.05, 0.1) is 13.5 Å². The Labute approximate surface area is 131 Å². The molecule has 1 aromatic rings. The van der Waals surface area contributed by atoms with Crippen LogP contribution in [-0.2, 0) is 16.0 Å². The van der Waals surface area contributed by atoms with E-state index in [0.29, 0.717) is 39.0 Å². The van der Waals surface area contributed by atoms with Crippen LogP contribution in [0.4, 0.5) is 0 Å². The van der Waals surface area contributed by atoms with E-state index >= 15 is 0 Å². The van der Waals surface area contributed by atoms with E-state index in [2.05, 4.69) is 0 Å². The number of rotatable bonds is 4. The third-order valence-corrected chi connectivity index (χ3v) is 4.10. The molecule has 120 valence electrons. The summed E-state index contributed by atoms with van der Waals surface area (Å²) in [6.45, 7) is 6.37. The van der Waals surface area contributed by atoms with Gasteiger partial charge in [-0.2, -0.15) is 0 Å². The van der Waals surface area contributed by atoms with Crippen LogP contribution in [0.15, 0.2) is 18.2 Å². The highest BCUT2D eigenvalue weighted by Gasteiger charge is 2.23. The van der Waals surface area contributed by atoms with Crippen molar-refractivity contribution >= 4 is 11.8 Å². The second-order valence-electron chi connectivity index (χ2n) is 5.60. The maximum absolute atomic E-state index is 12.4. The second kappa shape index (κ2) is 7.29. The number of ether oxygens (including phenoxy) is 1. The summed E-state index contributed by atoms with van der Waals surface area (Å²) in [5.74, 6) is 1.12. The van der Waals surface area contributed by atoms with Crippen molar-refractivity contribution in [2.24, 2.45) is 0 Å². The van der Waals surface area contributed by atoms with Crippen LogP contribution >= 0.6 is 0 Å². The van der Waals surface area contributed by atoms with Crippen molar-refractivity contribution < 1.29 is 14.3 Å². The van der Waals surface area contributed by atoms with Gasteiger partial charge < -0.3 is 14.5 Å². The number of methoxy groups -OCH3 is 1. The Kier molecular flexibility index (Phi) is 5.41. The molecule has 0 saturated carbocycles. The summed E-state index contributed by atoms with van der Waals surface area (Å²) in [6, 6.07) is 5.82. The first-order valence-electron chi connectivity index (χ1n) is 7.74. The number of nitrogens with zero attached hydrogens (tertiary/aromatic N) is 2. The summed E-state index contributed by atoms with van der Waals surface area (Å²) in [5, 5.41) is 0. The number of hydrogen-bond donors (Lipinski definition) is 0. The summed E-state index contributed by atoms with van der Waals surface area (Å²) in [7, 11) is 1.64. The highest BCUT2D eigenvalue weighted by atomic mass is 16.5. The summed E-state index contributed by atoms with van der Waals surface area (Å²) < 4.78 is 5.23. The van der Waals surface area contributed by atoms with Crippen LogP contribution in [0.5, 0.6) is 5.75 Å². The van der Waals surface area contributed by atoms with E-state index in [1.807, 2.05) is 41.8 Å². The third kappa shape index (κ3) is 3.78. The van der Waals surface area contributed by atoms with E-state index < -0.39 is 0 Å². The predicted octanol–water partition coefficient (Wildman–Crippen LogP) is 1.63. The Hall–Kier alpha value is -2.04. The number of hydrogen-bond acceptors (Lipinski definition) is 3. The molecule has 0 spiro atoms. The van der Waals surface area contributed by atoms with Crippen molar-refractivity contribution in [3.8, 4) is 5.75 Å². The molecule has 1 aliphatic heterocycles. The summed E-state index contributed by atoms with van der Waals surface area (Å²) in [5.41, 5.74) is 2.03. The van der Waals surface area contributed by atoms with Gasteiger partial charge >= 0.3 is 0 Å². The first-order chi connectivity index (χ1) is 10.5. The Bertz CT molecular complexity index is 549. The highest BCUT2D eigenvalue weighted by Crippen LogP contribution is 2.19. The van der Waals surface area contributed by atoms with Gasteiger partial charge in [0.2, 0.25) is 11.8 Å². The molecule has 1 saturated heterocycles. The van der Waals surface area contributed by atoms with E-state index in [4.69, 9.17) is 4.74 Å². The molecule has 0 N–H and O–H groups in total. The van der Waals surface area contributed by atoms with Crippen LogP contribution in [-0.4, -0.2) is 54.9 Å². The summed E-state index contributed by atoms with van der Waals surface area (Å²) in [6.07, 6.45) is 0.922. The van der Waals surface area contributed by atoms with Gasteiger partial charge in [0.1, 0.15) is 5.75 Å². The molecule has 1 heterocycles. The van der Waals surface area contributed by atoms with Crippen LogP contribution in [0, 0.1) is 6.92 Å². The second-order valence-corrected chi connectivity index (χ2v) is 5.60. The van der Waals surface area contributed by atoms with Crippen LogP contribution in [0.2, 0.25) is 0 Å². The first kappa shape index (κ1) is 16.3. The van der Waals surface area contributed by atoms with Crippen LogP contribution in [0.25, 0.3) is 0 Å². The van der Waals surface area contributed by atoms with Gasteiger partial charge in [-0.15, -0.1) is 0 Å². The number of aryl methyl sites for hydroxylation is 1. The molecule has 0 aliphatic carbocycles. The molecule has 2 rings (SSSR count). The molecule has 2 amide bonds. The fourth-order valence-electron chi connectivity index (χ4n) is 2.77. The monoisotopic (exact) mass is 304 g/mol. The van der Waals surface area contributed by atoms with Crippen molar-refractivity contribution in [1.82, 2.24) is 9.80 Å². The maximum atomic E-state index is 12.4. The fourth-order valence-corrected chi connectivity index (χ4v) is 2.77. The topological polar surface area (TPSA) is 49.9 Å². The Morgan fingerprint density at radius 1 is 1.09 bits per heavy atom. The van der Waals surface area contributed by atoms with Gasteiger partial charge in [-0.1, -0.05) is 19.1 Å². The number of amides is 2. The van der Waals surface area contributed by atoms with Crippen LogP contribution in [0.3, 0.4) is 0 Å². The first-order valence-corrected chi connectivity index (χ1v) is 7.74. The Morgan fingerprint density at radius 3 is 2.18 bits per heavy atom. The van der Waals surface area contributed by atoms with Crippen molar-refractivity contribution in [2.75, 3.05) is 33.3 Å². The lowest BCUT2D eigenvalue weighted by atomic mass is 10.1. The molecule has 0 unspecified atom stereocenters. The van der Waals surface area contributed by atoms with E-state index in [1.54, 1.807) is 7.11 Å². The lowest BCUT2D eigenvalue weighted by molar-refractivity contribution is -0.139. The van der Waals surface area contributed by atoms with Crippen molar-refractivity contribution in [3.63, 3.8) is 0 Å². The average molecular weight is 304 g/mol. The fraction of sp³-hybridized carbons (Fsp3) is 0.529. The van der Waals surface area contributed by atoms with Gasteiger partial charge in [-0.05, 0) is 24.1 Å². The minimum Gasteiger partial charge on any atom is -0.496 e. The Balaban J connectivity index is 1.91. The van der Waals surface area contributed by atoms with Crippen LogP contribution < -0.4 is 4.74 Å². The molecule has 1 aromatic carbocycles. The van der Waals surface area contributed by atoms with Gasteiger partial charge in [-0.25, -0.2) is 0 Å². The zero-order chi connectivity index (χ0) is 16.1. The summed E-state index contributed by atoms with van der Waals surface area (Å²) >= 11 is 0. The molecule has 0 atom stereocenters. The standard InChI is InChI=1S/C17H24N2O3/c1-4-16(20)18-7-9-19(10-8-18)17(21)12-14-5-6-15(22-3)13(2)11-14/h5-6,11H,4,7-10,12H2,1-3H3. The van der Waals surface area contributed by atoms with Gasteiger partial charge in [-0.3, -0.25) is 9.59 Å². The molecule has 5 nitrogen and oxygen atoms in total. The molecular weight excluding hydrogens is 280 g/mol. The third-order valence-electron chi connectivity index (χ3n) is 4.10. The van der Waals surface area contributed by atoms with Crippen LogP contribution in [0.1, 0.15) is 24.5 Å². The smallest absolute Gasteiger partial charge is 0.227 e.